The molecule has 0 aromatic heterocycles. The van der Waals surface area contributed by atoms with Crippen LogP contribution < -0.4 is 5.73 Å². The van der Waals surface area contributed by atoms with Gasteiger partial charge in [0.15, 0.2) is 0 Å². The summed E-state index contributed by atoms with van der Waals surface area (Å²) in [6.07, 6.45) is 0.640. The average molecular weight is 229 g/mol. The zero-order chi connectivity index (χ0) is 12.3. The molecule has 3 unspecified atom stereocenters. The van der Waals surface area contributed by atoms with Crippen molar-refractivity contribution in [3.63, 3.8) is 0 Å². The summed E-state index contributed by atoms with van der Waals surface area (Å²) in [7, 11) is 3.94. The fraction of sp³-hybridized carbons (Fsp3) is 0.909. The molecule has 1 aliphatic heterocycles. The van der Waals surface area contributed by atoms with E-state index in [1.54, 1.807) is 4.90 Å². The van der Waals surface area contributed by atoms with Crippen LogP contribution in [-0.4, -0.2) is 66.2 Å². The molecule has 1 aliphatic rings. The van der Waals surface area contributed by atoms with E-state index in [2.05, 4.69) is 0 Å². The Kier molecular flexibility index (Phi) is 4.70. The fourth-order valence-electron chi connectivity index (χ4n) is 2.18. The molecule has 5 nitrogen and oxygen atoms in total. The first-order valence-electron chi connectivity index (χ1n) is 5.78. The van der Waals surface area contributed by atoms with Crippen molar-refractivity contribution in [2.45, 2.75) is 38.0 Å². The number of β-amino-alcohol motifs (C(OH)–C–C–N with tert-alkyl or cyclic N) is 1. The number of amides is 1. The summed E-state index contributed by atoms with van der Waals surface area (Å²) in [5.74, 6) is 0.0541. The van der Waals surface area contributed by atoms with Gasteiger partial charge in [-0.05, 0) is 27.4 Å². The summed E-state index contributed by atoms with van der Waals surface area (Å²) in [5, 5.41) is 9.62. The predicted molar refractivity (Wildman–Crippen MR) is 62.9 cm³/mol. The Labute approximate surface area is 97.2 Å². The van der Waals surface area contributed by atoms with Crippen LogP contribution in [0.5, 0.6) is 0 Å². The van der Waals surface area contributed by atoms with Crippen LogP contribution in [0.4, 0.5) is 0 Å². The Hall–Kier alpha value is -0.650. The van der Waals surface area contributed by atoms with Crippen LogP contribution in [0.25, 0.3) is 0 Å². The number of nitrogens with two attached hydrogens (primary N) is 1. The van der Waals surface area contributed by atoms with Gasteiger partial charge < -0.3 is 20.6 Å². The van der Waals surface area contributed by atoms with Crippen LogP contribution in [-0.2, 0) is 4.79 Å². The second-order valence-corrected chi connectivity index (χ2v) is 5.03. The molecule has 1 amide bonds. The van der Waals surface area contributed by atoms with E-state index in [-0.39, 0.29) is 24.1 Å². The molecule has 0 saturated carbocycles. The van der Waals surface area contributed by atoms with Crippen LogP contribution in [0.3, 0.4) is 0 Å². The van der Waals surface area contributed by atoms with Crippen molar-refractivity contribution in [3.8, 4) is 0 Å². The van der Waals surface area contributed by atoms with Crippen LogP contribution in [0.2, 0.25) is 0 Å². The number of carbonyl (C=O) groups is 1. The normalized spacial score (nSPS) is 27.5. The predicted octanol–water partition coefficient (Wildman–Crippen LogP) is -0.753. The second-order valence-electron chi connectivity index (χ2n) is 5.03. The Morgan fingerprint density at radius 2 is 2.25 bits per heavy atom. The molecule has 0 aliphatic carbocycles. The molecule has 16 heavy (non-hydrogen) atoms. The molecular formula is C11H23N3O2. The van der Waals surface area contributed by atoms with E-state index in [4.69, 9.17) is 5.73 Å². The minimum absolute atomic E-state index is 0.0541. The van der Waals surface area contributed by atoms with Crippen LogP contribution in [0.15, 0.2) is 0 Å². The third-order valence-electron chi connectivity index (χ3n) is 2.79. The number of rotatable bonds is 4. The number of hydrogen-bond acceptors (Lipinski definition) is 4. The highest BCUT2D eigenvalue weighted by Crippen LogP contribution is 2.19. The quantitative estimate of drug-likeness (QED) is 0.665. The Morgan fingerprint density at radius 1 is 1.62 bits per heavy atom. The van der Waals surface area contributed by atoms with Crippen molar-refractivity contribution in [1.82, 2.24) is 9.80 Å². The van der Waals surface area contributed by atoms with Gasteiger partial charge in [0, 0.05) is 31.6 Å². The van der Waals surface area contributed by atoms with E-state index in [0.717, 1.165) is 6.54 Å². The number of hydrogen-bond donors (Lipinski definition) is 2. The van der Waals surface area contributed by atoms with Crippen molar-refractivity contribution in [2.24, 2.45) is 5.73 Å². The summed E-state index contributed by atoms with van der Waals surface area (Å²) in [6, 6.07) is 0.00139. The molecule has 94 valence electrons. The van der Waals surface area contributed by atoms with E-state index in [0.29, 0.717) is 19.4 Å². The molecule has 3 N–H and O–H groups in total. The van der Waals surface area contributed by atoms with Gasteiger partial charge in [-0.25, -0.2) is 0 Å². The zero-order valence-corrected chi connectivity index (χ0v) is 10.4. The molecule has 3 atom stereocenters. The lowest BCUT2D eigenvalue weighted by molar-refractivity contribution is -0.132. The van der Waals surface area contributed by atoms with Gasteiger partial charge in [0.25, 0.3) is 0 Å². The third kappa shape index (κ3) is 3.73. The lowest BCUT2D eigenvalue weighted by Crippen LogP contribution is -2.43. The molecule has 0 spiro atoms. The Morgan fingerprint density at radius 3 is 2.75 bits per heavy atom. The first kappa shape index (κ1) is 13.4. The van der Waals surface area contributed by atoms with E-state index < -0.39 is 0 Å². The Bertz CT molecular complexity index is 243. The first-order chi connectivity index (χ1) is 7.40. The number of aliphatic hydroxyl groups excluding tert-OH is 1. The van der Waals surface area contributed by atoms with E-state index in [1.165, 1.54) is 0 Å². The van der Waals surface area contributed by atoms with Gasteiger partial charge >= 0.3 is 0 Å². The molecule has 1 saturated heterocycles. The number of carbonyl (C=O) groups excluding carboxylic acids is 1. The average Bonchev–Trinajstić information content (AvgIpc) is 2.44. The smallest absolute Gasteiger partial charge is 0.224 e. The van der Waals surface area contributed by atoms with Crippen LogP contribution >= 0.6 is 0 Å². The third-order valence-corrected chi connectivity index (χ3v) is 2.79. The summed E-state index contributed by atoms with van der Waals surface area (Å²) in [4.78, 5) is 15.7. The van der Waals surface area contributed by atoms with E-state index in [9.17, 15) is 9.90 Å². The molecule has 0 aromatic rings. The van der Waals surface area contributed by atoms with Gasteiger partial charge in [-0.1, -0.05) is 0 Å². The van der Waals surface area contributed by atoms with Crippen molar-refractivity contribution in [1.29, 1.82) is 0 Å². The number of likely N-dealkylation sites (N-methyl/N-ethyl adjacent to an activating group) is 1. The standard InChI is InChI=1S/C11H23N3O2/c1-8(12)4-11(16)14-7-10(15)5-9(14)6-13(2)3/h8-10,15H,4-7,12H2,1-3H3. The highest BCUT2D eigenvalue weighted by molar-refractivity contribution is 5.77. The number of aliphatic hydroxyl groups is 1. The second kappa shape index (κ2) is 5.61. The molecule has 5 heteroatoms. The minimum atomic E-state index is -0.387. The Balaban J connectivity index is 2.58. The van der Waals surface area contributed by atoms with Gasteiger partial charge in [-0.15, -0.1) is 0 Å². The van der Waals surface area contributed by atoms with Gasteiger partial charge in [0.1, 0.15) is 0 Å². The maximum atomic E-state index is 11.9. The fourth-order valence-corrected chi connectivity index (χ4v) is 2.18. The van der Waals surface area contributed by atoms with Gasteiger partial charge in [0.2, 0.25) is 5.91 Å². The SMILES string of the molecule is CC(N)CC(=O)N1CC(O)CC1CN(C)C. The zero-order valence-electron chi connectivity index (χ0n) is 10.4. The largest absolute Gasteiger partial charge is 0.391 e. The molecule has 0 bridgehead atoms. The lowest BCUT2D eigenvalue weighted by Gasteiger charge is -2.27. The topological polar surface area (TPSA) is 69.8 Å². The van der Waals surface area contributed by atoms with Crippen molar-refractivity contribution in [2.75, 3.05) is 27.2 Å². The van der Waals surface area contributed by atoms with Crippen molar-refractivity contribution in [3.05, 3.63) is 0 Å². The van der Waals surface area contributed by atoms with E-state index in [1.807, 2.05) is 25.9 Å². The molecule has 1 heterocycles. The lowest BCUT2D eigenvalue weighted by atomic mass is 10.1. The molecule has 0 aromatic carbocycles. The van der Waals surface area contributed by atoms with Crippen molar-refractivity contribution < 1.29 is 9.90 Å². The highest BCUT2D eigenvalue weighted by Gasteiger charge is 2.34. The number of likely N-dealkylation sites (tertiary alicyclic amines) is 1. The summed E-state index contributed by atoms with van der Waals surface area (Å²) < 4.78 is 0. The summed E-state index contributed by atoms with van der Waals surface area (Å²) in [6.45, 7) is 3.07. The maximum absolute atomic E-state index is 11.9. The number of nitrogens with zero attached hydrogens (tertiary/aromatic N) is 2. The first-order valence-corrected chi connectivity index (χ1v) is 5.78. The molecule has 1 fully saturated rings. The van der Waals surface area contributed by atoms with E-state index >= 15 is 0 Å². The molecule has 1 rings (SSSR count). The maximum Gasteiger partial charge on any atom is 0.224 e. The van der Waals surface area contributed by atoms with Gasteiger partial charge in [0.05, 0.1) is 6.10 Å². The molecular weight excluding hydrogens is 206 g/mol. The van der Waals surface area contributed by atoms with Gasteiger partial charge in [-0.2, -0.15) is 0 Å². The monoisotopic (exact) mass is 229 g/mol. The summed E-state index contributed by atoms with van der Waals surface area (Å²) >= 11 is 0. The van der Waals surface area contributed by atoms with Crippen LogP contribution in [0.1, 0.15) is 19.8 Å². The van der Waals surface area contributed by atoms with Crippen LogP contribution in [0, 0.1) is 0 Å². The highest BCUT2D eigenvalue weighted by atomic mass is 16.3. The summed E-state index contributed by atoms with van der Waals surface area (Å²) in [5.41, 5.74) is 5.62. The van der Waals surface area contributed by atoms with Crippen molar-refractivity contribution >= 4 is 5.91 Å². The van der Waals surface area contributed by atoms with Gasteiger partial charge in [-0.3, -0.25) is 4.79 Å². The minimum Gasteiger partial charge on any atom is -0.391 e. The molecule has 0 radical (unpaired) electrons.